The molecule has 0 aromatic heterocycles. The maximum absolute atomic E-state index is 13.2. The minimum Gasteiger partial charge on any atom is -0.399 e. The first-order chi connectivity index (χ1) is 8.47. The monoisotopic (exact) mass is 290 g/mol. The number of hydrogen-bond donors (Lipinski definition) is 2. The van der Waals surface area contributed by atoms with E-state index in [9.17, 15) is 12.8 Å². The summed E-state index contributed by atoms with van der Waals surface area (Å²) in [4.78, 5) is -0.113. The highest BCUT2D eigenvalue weighted by molar-refractivity contribution is 7.99. The van der Waals surface area contributed by atoms with Crippen LogP contribution >= 0.6 is 11.8 Å². The van der Waals surface area contributed by atoms with Crippen molar-refractivity contribution in [1.29, 1.82) is 0 Å². The Balaban J connectivity index is 2.19. The van der Waals surface area contributed by atoms with Crippen LogP contribution in [0.2, 0.25) is 0 Å². The van der Waals surface area contributed by atoms with E-state index in [1.54, 1.807) is 0 Å². The molecule has 100 valence electrons. The molecule has 1 aliphatic heterocycles. The molecule has 0 radical (unpaired) electrons. The molecule has 7 heteroatoms. The topological polar surface area (TPSA) is 72.2 Å². The van der Waals surface area contributed by atoms with E-state index in [4.69, 9.17) is 5.73 Å². The molecule has 1 saturated heterocycles. The average molecular weight is 290 g/mol. The number of benzene rings is 1. The lowest BCUT2D eigenvalue weighted by Gasteiger charge is -2.22. The second-order valence-corrected chi connectivity index (χ2v) is 7.17. The lowest BCUT2D eigenvalue weighted by Crippen LogP contribution is -2.37. The number of anilines is 1. The van der Waals surface area contributed by atoms with Gasteiger partial charge in [-0.3, -0.25) is 0 Å². The summed E-state index contributed by atoms with van der Waals surface area (Å²) in [6, 6.07) is 3.27. The molecule has 0 amide bonds. The van der Waals surface area contributed by atoms with Crippen LogP contribution in [0.5, 0.6) is 0 Å². The van der Waals surface area contributed by atoms with Gasteiger partial charge in [-0.05, 0) is 42.5 Å². The van der Waals surface area contributed by atoms with Gasteiger partial charge in [-0.1, -0.05) is 0 Å². The van der Waals surface area contributed by atoms with Crippen LogP contribution < -0.4 is 10.5 Å². The summed E-state index contributed by atoms with van der Waals surface area (Å²) in [5.74, 6) is 1.24. The third-order valence-corrected chi connectivity index (χ3v) is 5.30. The molecule has 0 spiro atoms. The van der Waals surface area contributed by atoms with E-state index in [0.29, 0.717) is 0 Å². The smallest absolute Gasteiger partial charge is 0.240 e. The number of sulfonamides is 1. The van der Waals surface area contributed by atoms with E-state index in [1.807, 2.05) is 11.8 Å². The van der Waals surface area contributed by atoms with Crippen molar-refractivity contribution < 1.29 is 12.8 Å². The fourth-order valence-electron chi connectivity index (χ4n) is 1.84. The van der Waals surface area contributed by atoms with E-state index < -0.39 is 15.8 Å². The Labute approximate surface area is 110 Å². The van der Waals surface area contributed by atoms with E-state index >= 15 is 0 Å². The van der Waals surface area contributed by atoms with Crippen molar-refractivity contribution in [2.75, 3.05) is 17.2 Å². The summed E-state index contributed by atoms with van der Waals surface area (Å²) in [6.45, 7) is 0. The first-order valence-electron chi connectivity index (χ1n) is 5.63. The van der Waals surface area contributed by atoms with E-state index in [-0.39, 0.29) is 16.6 Å². The Hall–Kier alpha value is -0.790. The maximum atomic E-state index is 13.2. The molecule has 2 rings (SSSR count). The molecule has 1 aliphatic rings. The first kappa shape index (κ1) is 13.6. The van der Waals surface area contributed by atoms with Crippen LogP contribution in [0.3, 0.4) is 0 Å². The van der Waals surface area contributed by atoms with Crippen molar-refractivity contribution in [2.24, 2.45) is 0 Å². The molecule has 4 nitrogen and oxygen atoms in total. The van der Waals surface area contributed by atoms with Crippen LogP contribution in [-0.2, 0) is 10.0 Å². The lowest BCUT2D eigenvalue weighted by atomic mass is 10.2. The highest BCUT2D eigenvalue weighted by Crippen LogP contribution is 2.20. The fraction of sp³-hybridized carbons (Fsp3) is 0.455. The van der Waals surface area contributed by atoms with Gasteiger partial charge in [0.25, 0.3) is 0 Å². The predicted octanol–water partition coefficient (Wildman–Crippen LogP) is 1.58. The van der Waals surface area contributed by atoms with Crippen LogP contribution in [-0.4, -0.2) is 26.0 Å². The van der Waals surface area contributed by atoms with Gasteiger partial charge in [0.05, 0.1) is 4.90 Å². The second-order valence-electron chi connectivity index (χ2n) is 4.23. The van der Waals surface area contributed by atoms with Gasteiger partial charge in [0.15, 0.2) is 0 Å². The summed E-state index contributed by atoms with van der Waals surface area (Å²) in [7, 11) is -3.68. The van der Waals surface area contributed by atoms with Crippen molar-refractivity contribution in [3.63, 3.8) is 0 Å². The fourth-order valence-corrected chi connectivity index (χ4v) is 4.32. The standard InChI is InChI=1S/C11H15FN2O2S2/c12-8-5-9(13)7-11(6-8)18(15,16)14-10-1-3-17-4-2-10/h5-7,10,14H,1-4,13H2. The van der Waals surface area contributed by atoms with Gasteiger partial charge in [-0.25, -0.2) is 17.5 Å². The van der Waals surface area contributed by atoms with Gasteiger partial charge in [0.2, 0.25) is 10.0 Å². The predicted molar refractivity (Wildman–Crippen MR) is 71.5 cm³/mol. The molecule has 1 aromatic carbocycles. The largest absolute Gasteiger partial charge is 0.399 e. The minimum absolute atomic E-state index is 0.0688. The minimum atomic E-state index is -3.68. The molecule has 0 bridgehead atoms. The molecule has 1 aromatic rings. The SMILES string of the molecule is Nc1cc(F)cc(S(=O)(=O)NC2CCSCC2)c1. The molecular formula is C11H15FN2O2S2. The lowest BCUT2D eigenvalue weighted by molar-refractivity contribution is 0.527. The molecule has 1 fully saturated rings. The second kappa shape index (κ2) is 5.46. The van der Waals surface area contributed by atoms with Crippen LogP contribution in [0.1, 0.15) is 12.8 Å². The number of nitrogens with two attached hydrogens (primary N) is 1. The highest BCUT2D eigenvalue weighted by Gasteiger charge is 2.22. The highest BCUT2D eigenvalue weighted by atomic mass is 32.2. The van der Waals surface area contributed by atoms with Crippen molar-refractivity contribution >= 4 is 27.5 Å². The Morgan fingerprint density at radius 2 is 1.94 bits per heavy atom. The van der Waals surface area contributed by atoms with E-state index in [1.165, 1.54) is 6.07 Å². The Morgan fingerprint density at radius 3 is 2.56 bits per heavy atom. The van der Waals surface area contributed by atoms with Gasteiger partial charge in [-0.2, -0.15) is 11.8 Å². The van der Waals surface area contributed by atoms with Crippen LogP contribution in [0.25, 0.3) is 0 Å². The summed E-state index contributed by atoms with van der Waals surface area (Å²) in [5.41, 5.74) is 5.56. The molecule has 0 atom stereocenters. The maximum Gasteiger partial charge on any atom is 0.240 e. The van der Waals surface area contributed by atoms with Crippen LogP contribution in [0.15, 0.2) is 23.1 Å². The van der Waals surface area contributed by atoms with Gasteiger partial charge in [0.1, 0.15) is 5.82 Å². The zero-order valence-electron chi connectivity index (χ0n) is 9.73. The number of rotatable bonds is 3. The van der Waals surface area contributed by atoms with Crippen molar-refractivity contribution in [3.05, 3.63) is 24.0 Å². The van der Waals surface area contributed by atoms with E-state index in [0.717, 1.165) is 36.5 Å². The van der Waals surface area contributed by atoms with Crippen LogP contribution in [0, 0.1) is 5.82 Å². The molecule has 0 saturated carbocycles. The zero-order valence-corrected chi connectivity index (χ0v) is 11.4. The van der Waals surface area contributed by atoms with Gasteiger partial charge >= 0.3 is 0 Å². The number of halogens is 1. The summed E-state index contributed by atoms with van der Waals surface area (Å²) < 4.78 is 39.9. The first-order valence-corrected chi connectivity index (χ1v) is 8.27. The quantitative estimate of drug-likeness (QED) is 0.829. The number of hydrogen-bond acceptors (Lipinski definition) is 4. The molecule has 0 unspecified atom stereocenters. The Bertz CT molecular complexity index is 508. The summed E-state index contributed by atoms with van der Waals surface area (Å²) in [6.07, 6.45) is 1.60. The molecule has 0 aliphatic carbocycles. The Kier molecular flexibility index (Phi) is 4.14. The van der Waals surface area contributed by atoms with Gasteiger partial charge in [0, 0.05) is 11.7 Å². The number of thioether (sulfide) groups is 1. The van der Waals surface area contributed by atoms with Crippen molar-refractivity contribution in [1.82, 2.24) is 4.72 Å². The van der Waals surface area contributed by atoms with E-state index in [2.05, 4.69) is 4.72 Å². The number of nitrogen functional groups attached to an aromatic ring is 1. The Morgan fingerprint density at radius 1 is 1.28 bits per heavy atom. The average Bonchev–Trinajstić information content (AvgIpc) is 2.28. The van der Waals surface area contributed by atoms with Crippen molar-refractivity contribution in [2.45, 2.75) is 23.8 Å². The molecular weight excluding hydrogens is 275 g/mol. The third-order valence-electron chi connectivity index (χ3n) is 2.75. The van der Waals surface area contributed by atoms with Crippen LogP contribution in [0.4, 0.5) is 10.1 Å². The van der Waals surface area contributed by atoms with Gasteiger partial charge in [-0.15, -0.1) is 0 Å². The third kappa shape index (κ3) is 3.37. The number of nitrogens with one attached hydrogen (secondary N) is 1. The molecule has 3 N–H and O–H groups in total. The molecule has 18 heavy (non-hydrogen) atoms. The summed E-state index contributed by atoms with van der Waals surface area (Å²) >= 11 is 1.81. The summed E-state index contributed by atoms with van der Waals surface area (Å²) in [5, 5.41) is 0. The normalized spacial score (nSPS) is 17.8. The zero-order chi connectivity index (χ0) is 13.2. The van der Waals surface area contributed by atoms with Crippen molar-refractivity contribution in [3.8, 4) is 0 Å². The van der Waals surface area contributed by atoms with Gasteiger partial charge < -0.3 is 5.73 Å². The molecule has 1 heterocycles.